The number of aromatic amines is 1. The fourth-order valence-corrected chi connectivity index (χ4v) is 3.31. The summed E-state index contributed by atoms with van der Waals surface area (Å²) in [5, 5.41) is 10.9. The van der Waals surface area contributed by atoms with Crippen LogP contribution in [0.2, 0.25) is 0 Å². The molecule has 3 aromatic rings. The van der Waals surface area contributed by atoms with Crippen LogP contribution in [0, 0.1) is 0 Å². The fraction of sp³-hybridized carbons (Fsp3) is 0. The van der Waals surface area contributed by atoms with E-state index >= 15 is 0 Å². The summed E-state index contributed by atoms with van der Waals surface area (Å²) >= 11 is 2.44. The van der Waals surface area contributed by atoms with Gasteiger partial charge in [-0.3, -0.25) is 0 Å². The van der Waals surface area contributed by atoms with Crippen LogP contribution >= 0.6 is 0 Å². The minimum atomic E-state index is 0.315. The van der Waals surface area contributed by atoms with E-state index in [1.165, 1.54) is 16.5 Å². The monoisotopic (exact) mass is 359 g/mol. The van der Waals surface area contributed by atoms with E-state index in [4.69, 9.17) is 0 Å². The van der Waals surface area contributed by atoms with E-state index in [0.29, 0.717) is 5.75 Å². The molecule has 5 rings (SSSR count). The number of rotatable bonds is 1. The van der Waals surface area contributed by atoms with E-state index in [9.17, 15) is 5.11 Å². The van der Waals surface area contributed by atoms with Crippen LogP contribution in [0.15, 0.2) is 72.9 Å². The molecular formula is C20H14AsNO. The van der Waals surface area contributed by atoms with Gasteiger partial charge in [0, 0.05) is 0 Å². The van der Waals surface area contributed by atoms with Gasteiger partial charge in [-0.15, -0.1) is 0 Å². The molecule has 2 aromatic carbocycles. The molecule has 2 aliphatic carbocycles. The molecule has 1 aromatic heterocycles. The second-order valence-corrected chi connectivity index (χ2v) is 6.44. The number of hydrogen-bond acceptors (Lipinski definition) is 1. The SMILES string of the molecule is Oc1cccc(-c2cccc3[nH]ccc23)c1[As].c1cc2cc-2c1. The van der Waals surface area contributed by atoms with Crippen LogP contribution in [-0.2, 0) is 0 Å². The van der Waals surface area contributed by atoms with Crippen LogP contribution in [0.3, 0.4) is 0 Å². The van der Waals surface area contributed by atoms with Crippen molar-refractivity contribution in [3.63, 3.8) is 0 Å². The van der Waals surface area contributed by atoms with Crippen LogP contribution in [0.5, 0.6) is 5.75 Å². The van der Waals surface area contributed by atoms with Gasteiger partial charge in [-0.2, -0.15) is 0 Å². The van der Waals surface area contributed by atoms with Crippen molar-refractivity contribution >= 4 is 32.1 Å². The molecular weight excluding hydrogens is 345 g/mol. The zero-order valence-corrected chi connectivity index (χ0v) is 14.2. The molecule has 0 saturated carbocycles. The number of aromatic nitrogens is 1. The third-order valence-electron chi connectivity index (χ3n) is 4.01. The summed E-state index contributed by atoms with van der Waals surface area (Å²) in [4.78, 5) is 3.20. The van der Waals surface area contributed by atoms with Crippen molar-refractivity contribution in [3.05, 3.63) is 72.9 Å². The number of benzene rings is 3. The summed E-state index contributed by atoms with van der Waals surface area (Å²) in [5.41, 5.74) is 6.15. The van der Waals surface area contributed by atoms with Crippen molar-refractivity contribution in [2.45, 2.75) is 0 Å². The van der Waals surface area contributed by atoms with Crippen molar-refractivity contribution in [2.75, 3.05) is 0 Å². The summed E-state index contributed by atoms with van der Waals surface area (Å²) < 4.78 is 0.855. The number of nitrogens with one attached hydrogen (secondary N) is 1. The third kappa shape index (κ3) is 2.67. The maximum atomic E-state index is 9.76. The predicted molar refractivity (Wildman–Crippen MR) is 96.2 cm³/mol. The topological polar surface area (TPSA) is 36.0 Å². The van der Waals surface area contributed by atoms with Gasteiger partial charge in [-0.25, -0.2) is 0 Å². The molecule has 3 heteroatoms. The molecule has 0 aliphatic heterocycles. The Bertz CT molecular complexity index is 986. The number of hydrogen-bond donors (Lipinski definition) is 2. The van der Waals surface area contributed by atoms with Crippen molar-refractivity contribution in [1.29, 1.82) is 0 Å². The second kappa shape index (κ2) is 5.64. The summed E-state index contributed by atoms with van der Waals surface area (Å²) in [6.45, 7) is 0. The number of phenols is 1. The van der Waals surface area contributed by atoms with Gasteiger partial charge in [-0.1, -0.05) is 18.2 Å². The van der Waals surface area contributed by atoms with Gasteiger partial charge in [0.2, 0.25) is 0 Å². The molecule has 0 spiro atoms. The summed E-state index contributed by atoms with van der Waals surface area (Å²) in [6, 6.07) is 22.3. The first kappa shape index (κ1) is 14.2. The molecule has 2 N–H and O–H groups in total. The summed E-state index contributed by atoms with van der Waals surface area (Å²) in [7, 11) is 0. The smallest absolute Gasteiger partial charge is 0.0178 e. The zero-order chi connectivity index (χ0) is 15.8. The third-order valence-corrected chi connectivity index (χ3v) is 5.00. The van der Waals surface area contributed by atoms with Gasteiger partial charge in [0.15, 0.2) is 0 Å². The van der Waals surface area contributed by atoms with E-state index in [1.807, 2.05) is 30.5 Å². The molecule has 0 saturated heterocycles. The standard InChI is InChI=1S/C14H10AsNO.C6H4/c15-14-11(4-2-6-13(14)17)9-3-1-5-12-10(9)7-8-16-12;1-2-5-4-6(5)3-1/h1-8,16-17H;1-4H. The number of H-pyrrole nitrogens is 1. The maximum absolute atomic E-state index is 9.76. The zero-order valence-electron chi connectivity index (χ0n) is 12.3. The van der Waals surface area contributed by atoms with Gasteiger partial charge in [-0.05, 0) is 17.2 Å². The Balaban J connectivity index is 0.000000186. The minimum Gasteiger partial charge on any atom is -0.0610 e. The minimum absolute atomic E-state index is 0.315. The Morgan fingerprint density at radius 2 is 1.48 bits per heavy atom. The molecule has 2 radical (unpaired) electrons. The molecule has 0 fully saturated rings. The molecule has 2 nitrogen and oxygen atoms in total. The van der Waals surface area contributed by atoms with E-state index < -0.39 is 0 Å². The largest absolute Gasteiger partial charge is 0.0610 e. The first-order chi connectivity index (χ1) is 11.2. The Hall–Kier alpha value is -2.44. The molecule has 0 atom stereocenters. The van der Waals surface area contributed by atoms with Crippen LogP contribution in [0.1, 0.15) is 0 Å². The molecule has 0 unspecified atom stereocenters. The Kier molecular flexibility index (Phi) is 3.47. The first-order valence-electron chi connectivity index (χ1n) is 7.42. The molecule has 0 amide bonds. The molecule has 110 valence electrons. The molecule has 23 heavy (non-hydrogen) atoms. The van der Waals surface area contributed by atoms with Crippen molar-refractivity contribution in [2.24, 2.45) is 0 Å². The van der Waals surface area contributed by atoms with Crippen molar-refractivity contribution in [1.82, 2.24) is 4.98 Å². The van der Waals surface area contributed by atoms with Crippen molar-refractivity contribution < 1.29 is 5.11 Å². The fourth-order valence-electron chi connectivity index (χ4n) is 2.74. The maximum Gasteiger partial charge on any atom is -0.0178 e. The van der Waals surface area contributed by atoms with E-state index in [-0.39, 0.29) is 0 Å². The normalized spacial score (nSPS) is 11.0. The summed E-state index contributed by atoms with van der Waals surface area (Å²) in [6.07, 6.45) is 1.93. The predicted octanol–water partition coefficient (Wildman–Crippen LogP) is 4.00. The van der Waals surface area contributed by atoms with Gasteiger partial charge >= 0.3 is 108 Å². The molecule has 1 heterocycles. The van der Waals surface area contributed by atoms with Gasteiger partial charge in [0.25, 0.3) is 0 Å². The van der Waals surface area contributed by atoms with Gasteiger partial charge < -0.3 is 0 Å². The number of aromatic hydroxyl groups is 1. The summed E-state index contributed by atoms with van der Waals surface area (Å²) in [5.74, 6) is 0.315. The Morgan fingerprint density at radius 3 is 2.17 bits per heavy atom. The van der Waals surface area contributed by atoms with Crippen LogP contribution in [0.25, 0.3) is 33.2 Å². The van der Waals surface area contributed by atoms with Crippen LogP contribution in [0.4, 0.5) is 0 Å². The first-order valence-corrected chi connectivity index (χ1v) is 8.36. The Morgan fingerprint density at radius 1 is 0.783 bits per heavy atom. The molecule has 2 aliphatic rings. The van der Waals surface area contributed by atoms with E-state index in [2.05, 4.69) is 58.2 Å². The van der Waals surface area contributed by atoms with Gasteiger partial charge in [0.05, 0.1) is 0 Å². The van der Waals surface area contributed by atoms with E-state index in [1.54, 1.807) is 6.07 Å². The molecule has 0 bridgehead atoms. The number of fused-ring (bicyclic) bond motifs is 2. The quantitative estimate of drug-likeness (QED) is 0.436. The van der Waals surface area contributed by atoms with Crippen LogP contribution < -0.4 is 4.35 Å². The van der Waals surface area contributed by atoms with Crippen LogP contribution in [-0.4, -0.2) is 26.9 Å². The Labute approximate surface area is 143 Å². The second-order valence-electron chi connectivity index (χ2n) is 5.50. The average Bonchev–Trinajstić information content (AvgIpc) is 2.99. The average molecular weight is 359 g/mol. The van der Waals surface area contributed by atoms with Crippen molar-refractivity contribution in [3.8, 4) is 28.0 Å². The van der Waals surface area contributed by atoms with Gasteiger partial charge in [0.1, 0.15) is 0 Å². The van der Waals surface area contributed by atoms with E-state index in [0.717, 1.165) is 21.0 Å². The number of phenolic OH excluding ortho intramolecular Hbond substituents is 1.